The standard InChI is InChI=1S/C23H24ClN3O6S2/c1-15(2)26-34(29,30)18-10-12-21(33-3)20(14-18)25-23(28)16-9-11-19(24)22(13-16)35(31,32)27-17-7-5-4-6-8-17/h4-15,26-27H,1-3H3,(H,25,28). The highest BCUT2D eigenvalue weighted by Crippen LogP contribution is 2.29. The normalized spacial score (nSPS) is 11.8. The van der Waals surface area contributed by atoms with E-state index in [1.165, 1.54) is 37.4 Å². The third-order valence-corrected chi connectivity index (χ3v) is 8.15. The molecule has 0 spiro atoms. The van der Waals surface area contributed by atoms with Crippen molar-refractivity contribution in [2.45, 2.75) is 29.7 Å². The number of methoxy groups -OCH3 is 1. The van der Waals surface area contributed by atoms with E-state index in [9.17, 15) is 21.6 Å². The molecule has 0 radical (unpaired) electrons. The number of benzene rings is 3. The number of amides is 1. The van der Waals surface area contributed by atoms with Crippen LogP contribution in [0, 0.1) is 0 Å². The number of nitrogens with one attached hydrogen (secondary N) is 3. The van der Waals surface area contributed by atoms with E-state index >= 15 is 0 Å². The highest BCUT2D eigenvalue weighted by molar-refractivity contribution is 7.92. The maximum atomic E-state index is 13.0. The van der Waals surface area contributed by atoms with Crippen molar-refractivity contribution in [1.82, 2.24) is 4.72 Å². The minimum atomic E-state index is -4.10. The summed E-state index contributed by atoms with van der Waals surface area (Å²) in [7, 11) is -6.56. The molecular formula is C23H24ClN3O6S2. The van der Waals surface area contributed by atoms with Crippen LogP contribution in [0.3, 0.4) is 0 Å². The zero-order valence-electron chi connectivity index (χ0n) is 19.1. The summed E-state index contributed by atoms with van der Waals surface area (Å²) >= 11 is 6.13. The van der Waals surface area contributed by atoms with Crippen LogP contribution in [0.1, 0.15) is 24.2 Å². The molecule has 0 aliphatic heterocycles. The number of hydrogen-bond donors (Lipinski definition) is 3. The molecule has 3 rings (SSSR count). The maximum Gasteiger partial charge on any atom is 0.263 e. The Morgan fingerprint density at radius 1 is 0.914 bits per heavy atom. The Morgan fingerprint density at radius 3 is 2.23 bits per heavy atom. The minimum absolute atomic E-state index is 0.0153. The number of rotatable bonds is 9. The molecule has 0 aliphatic carbocycles. The summed E-state index contributed by atoms with van der Waals surface area (Å²) < 4.78 is 61.0. The highest BCUT2D eigenvalue weighted by Gasteiger charge is 2.22. The Labute approximate surface area is 209 Å². The van der Waals surface area contributed by atoms with Crippen LogP contribution in [0.4, 0.5) is 11.4 Å². The monoisotopic (exact) mass is 537 g/mol. The van der Waals surface area contributed by atoms with Crippen LogP contribution in [0.15, 0.2) is 76.5 Å². The summed E-state index contributed by atoms with van der Waals surface area (Å²) in [6.07, 6.45) is 0. The summed E-state index contributed by atoms with van der Waals surface area (Å²) in [5.41, 5.74) is 0.403. The first-order valence-electron chi connectivity index (χ1n) is 10.3. The molecule has 0 bridgehead atoms. The zero-order chi connectivity index (χ0) is 25.8. The molecule has 0 aromatic heterocycles. The van der Waals surface area contributed by atoms with E-state index in [1.807, 2.05) is 0 Å². The number of sulfonamides is 2. The number of para-hydroxylation sites is 1. The van der Waals surface area contributed by atoms with Crippen molar-refractivity contribution in [3.05, 3.63) is 77.3 Å². The first-order valence-corrected chi connectivity index (χ1v) is 13.7. The third kappa shape index (κ3) is 6.51. The van der Waals surface area contributed by atoms with Gasteiger partial charge < -0.3 is 10.1 Å². The van der Waals surface area contributed by atoms with Gasteiger partial charge in [-0.25, -0.2) is 21.6 Å². The number of ether oxygens (including phenoxy) is 1. The second kappa shape index (κ2) is 10.6. The topological polar surface area (TPSA) is 131 Å². The van der Waals surface area contributed by atoms with E-state index in [-0.39, 0.29) is 37.9 Å². The molecule has 0 saturated heterocycles. The van der Waals surface area contributed by atoms with Gasteiger partial charge in [-0.3, -0.25) is 9.52 Å². The van der Waals surface area contributed by atoms with Gasteiger partial charge in [-0.2, -0.15) is 0 Å². The first-order chi connectivity index (χ1) is 16.4. The Balaban J connectivity index is 1.93. The molecule has 0 atom stereocenters. The molecule has 0 heterocycles. The van der Waals surface area contributed by atoms with Crippen LogP contribution < -0.4 is 19.5 Å². The predicted molar refractivity (Wildman–Crippen MR) is 135 cm³/mol. The van der Waals surface area contributed by atoms with Crippen LogP contribution in [-0.4, -0.2) is 35.9 Å². The lowest BCUT2D eigenvalue weighted by molar-refractivity contribution is 0.102. The van der Waals surface area contributed by atoms with E-state index in [4.69, 9.17) is 16.3 Å². The Bertz CT molecular complexity index is 1440. The largest absolute Gasteiger partial charge is 0.495 e. The molecule has 0 aliphatic rings. The van der Waals surface area contributed by atoms with E-state index < -0.39 is 26.0 Å². The average molecular weight is 538 g/mol. The van der Waals surface area contributed by atoms with Crippen LogP contribution in [0.5, 0.6) is 5.75 Å². The summed E-state index contributed by atoms with van der Waals surface area (Å²) in [5.74, 6) is -0.475. The summed E-state index contributed by atoms with van der Waals surface area (Å²) in [6.45, 7) is 3.37. The van der Waals surface area contributed by atoms with Crippen molar-refractivity contribution >= 4 is 48.9 Å². The molecule has 0 saturated carbocycles. The van der Waals surface area contributed by atoms with Crippen molar-refractivity contribution in [3.63, 3.8) is 0 Å². The number of anilines is 2. The lowest BCUT2D eigenvalue weighted by Crippen LogP contribution is -2.30. The molecule has 12 heteroatoms. The maximum absolute atomic E-state index is 13.0. The molecule has 3 N–H and O–H groups in total. The van der Waals surface area contributed by atoms with Crippen LogP contribution in [0.25, 0.3) is 0 Å². The van der Waals surface area contributed by atoms with Gasteiger partial charge >= 0.3 is 0 Å². The molecule has 0 unspecified atom stereocenters. The fraction of sp³-hybridized carbons (Fsp3) is 0.174. The van der Waals surface area contributed by atoms with Gasteiger partial charge in [-0.15, -0.1) is 0 Å². The van der Waals surface area contributed by atoms with Crippen molar-refractivity contribution in [1.29, 1.82) is 0 Å². The van der Waals surface area contributed by atoms with Crippen LogP contribution in [0.2, 0.25) is 5.02 Å². The number of carbonyl (C=O) groups is 1. The van der Waals surface area contributed by atoms with Crippen LogP contribution >= 0.6 is 11.6 Å². The molecule has 1 amide bonds. The predicted octanol–water partition coefficient (Wildman–Crippen LogP) is 4.09. The summed E-state index contributed by atoms with van der Waals surface area (Å²) in [6, 6.07) is 15.7. The van der Waals surface area contributed by atoms with Crippen molar-refractivity contribution in [2.75, 3.05) is 17.1 Å². The van der Waals surface area contributed by atoms with Gasteiger partial charge in [-0.05, 0) is 62.4 Å². The Kier molecular flexibility index (Phi) is 8.06. The van der Waals surface area contributed by atoms with Crippen molar-refractivity contribution in [2.24, 2.45) is 0 Å². The quantitative estimate of drug-likeness (QED) is 0.377. The van der Waals surface area contributed by atoms with Gasteiger partial charge in [0.25, 0.3) is 15.9 Å². The van der Waals surface area contributed by atoms with Crippen LogP contribution in [-0.2, 0) is 20.0 Å². The van der Waals surface area contributed by atoms with E-state index in [2.05, 4.69) is 14.8 Å². The first kappa shape index (κ1) is 26.5. The second-order valence-electron chi connectivity index (χ2n) is 7.71. The number of halogens is 1. The SMILES string of the molecule is COc1ccc(S(=O)(=O)NC(C)C)cc1NC(=O)c1ccc(Cl)c(S(=O)(=O)Nc2ccccc2)c1. The van der Waals surface area contributed by atoms with Gasteiger partial charge in [0.05, 0.1) is 22.7 Å². The fourth-order valence-corrected chi connectivity index (χ4v) is 5.95. The zero-order valence-corrected chi connectivity index (χ0v) is 21.5. The fourth-order valence-electron chi connectivity index (χ4n) is 3.09. The van der Waals surface area contributed by atoms with Crippen molar-refractivity contribution < 1.29 is 26.4 Å². The highest BCUT2D eigenvalue weighted by atomic mass is 35.5. The Morgan fingerprint density at radius 2 is 1.60 bits per heavy atom. The summed E-state index contributed by atoms with van der Waals surface area (Å²) in [4.78, 5) is 12.6. The van der Waals surface area contributed by atoms with Gasteiger partial charge in [0.2, 0.25) is 10.0 Å². The molecule has 35 heavy (non-hydrogen) atoms. The van der Waals surface area contributed by atoms with E-state index in [0.29, 0.717) is 5.69 Å². The lowest BCUT2D eigenvalue weighted by Gasteiger charge is -2.15. The number of carbonyl (C=O) groups excluding carboxylic acids is 1. The molecule has 9 nitrogen and oxygen atoms in total. The average Bonchev–Trinajstić information content (AvgIpc) is 2.78. The van der Waals surface area contributed by atoms with E-state index in [1.54, 1.807) is 44.2 Å². The summed E-state index contributed by atoms with van der Waals surface area (Å²) in [5, 5.41) is 2.50. The van der Waals surface area contributed by atoms with Crippen molar-refractivity contribution in [3.8, 4) is 5.75 Å². The number of hydrogen-bond acceptors (Lipinski definition) is 6. The van der Waals surface area contributed by atoms with Gasteiger partial charge in [0.15, 0.2) is 0 Å². The second-order valence-corrected chi connectivity index (χ2v) is 11.5. The smallest absolute Gasteiger partial charge is 0.263 e. The molecule has 0 fully saturated rings. The molecule has 3 aromatic rings. The lowest BCUT2D eigenvalue weighted by atomic mass is 10.2. The van der Waals surface area contributed by atoms with Gasteiger partial charge in [0.1, 0.15) is 10.6 Å². The molecule has 186 valence electrons. The van der Waals surface area contributed by atoms with Gasteiger partial charge in [-0.1, -0.05) is 29.8 Å². The molecular weight excluding hydrogens is 514 g/mol. The minimum Gasteiger partial charge on any atom is -0.495 e. The van der Waals surface area contributed by atoms with E-state index in [0.717, 1.165) is 6.07 Å². The third-order valence-electron chi connectivity index (χ3n) is 4.63. The van der Waals surface area contributed by atoms with Gasteiger partial charge in [0, 0.05) is 17.3 Å². The Hall–Kier alpha value is -3.12. The molecule has 3 aromatic carbocycles.